The van der Waals surface area contributed by atoms with Crippen LogP contribution in [0.1, 0.15) is 0 Å². The summed E-state index contributed by atoms with van der Waals surface area (Å²) in [6.45, 7) is 0. The van der Waals surface area contributed by atoms with Crippen LogP contribution in [0.5, 0.6) is 0 Å². The van der Waals surface area contributed by atoms with Crippen molar-refractivity contribution in [3.05, 3.63) is 48.5 Å². The smallest absolute Gasteiger partial charge is 1.00 e. The molecule has 2 rings (SSSR count). The van der Waals surface area contributed by atoms with Crippen LogP contribution in [0.25, 0.3) is 0 Å². The predicted octanol–water partition coefficient (Wildman–Crippen LogP) is -6.90. The molecule has 0 bridgehead atoms. The second-order valence-corrected chi connectivity index (χ2v) is 12.2. The van der Waals surface area contributed by atoms with Crippen molar-refractivity contribution in [2.75, 3.05) is 0 Å². The summed E-state index contributed by atoms with van der Waals surface area (Å²) in [4.78, 5) is 0.550. The first kappa shape index (κ1) is 25.6. The van der Waals surface area contributed by atoms with E-state index in [1.54, 1.807) is 12.1 Å². The second-order valence-electron chi connectivity index (χ2n) is 3.78. The second kappa shape index (κ2) is 12.9. The fourth-order valence-corrected chi connectivity index (χ4v) is 8.15. The summed E-state index contributed by atoms with van der Waals surface area (Å²) in [7, 11) is -4.38. The normalized spacial score (nSPS) is 10.6. The maximum Gasteiger partial charge on any atom is 1.00 e. The Balaban J connectivity index is 0.00000264. The zero-order chi connectivity index (χ0) is 16.0. The van der Waals surface area contributed by atoms with Crippen LogP contribution in [0.15, 0.2) is 58.3 Å². The molecule has 0 aliphatic carbocycles. The van der Waals surface area contributed by atoms with E-state index in [0.717, 1.165) is 21.4 Å². The molecule has 0 saturated carbocycles. The van der Waals surface area contributed by atoms with Crippen LogP contribution >= 0.6 is 12.0 Å². The van der Waals surface area contributed by atoms with Gasteiger partial charge >= 0.3 is 202 Å². The van der Waals surface area contributed by atoms with Gasteiger partial charge in [0.25, 0.3) is 0 Å². The largest absolute Gasteiger partial charge is 1.00 e. The molecule has 12 heteroatoms. The van der Waals surface area contributed by atoms with Crippen LogP contribution in [-0.4, -0.2) is 39.2 Å². The van der Waals surface area contributed by atoms with Gasteiger partial charge in [-0.1, -0.05) is 0 Å². The molecule has 0 aliphatic rings. The Hall–Kier alpha value is 1.62. The topological polar surface area (TPSA) is 98.7 Å². The third-order valence-corrected chi connectivity index (χ3v) is 11.0. The van der Waals surface area contributed by atoms with Crippen LogP contribution in [0.4, 0.5) is 0 Å². The van der Waals surface area contributed by atoms with Crippen molar-refractivity contribution in [3.8, 4) is 0 Å². The van der Waals surface area contributed by atoms with Crippen LogP contribution in [0, 0.1) is 0 Å². The summed E-state index contributed by atoms with van der Waals surface area (Å²) < 4.78 is 38.9. The van der Waals surface area contributed by atoms with Gasteiger partial charge in [0.1, 0.15) is 0 Å². The van der Waals surface area contributed by atoms with Gasteiger partial charge in [0.05, 0.1) is 0 Å². The van der Waals surface area contributed by atoms with Gasteiger partial charge in [0.2, 0.25) is 0 Å². The fraction of sp³-hybridized carbons (Fsp3) is 0. The van der Waals surface area contributed by atoms with E-state index in [1.165, 1.54) is 16.6 Å². The summed E-state index contributed by atoms with van der Waals surface area (Å²) in [6, 6.07) is 13.6. The average molecular weight is 516 g/mol. The molecule has 0 N–H and O–H groups in total. The van der Waals surface area contributed by atoms with E-state index in [4.69, 9.17) is 0 Å². The molecule has 0 saturated heterocycles. The van der Waals surface area contributed by atoms with E-state index >= 15 is 0 Å². The Bertz CT molecular complexity index is 713. The Kier molecular flexibility index (Phi) is 13.8. The van der Waals surface area contributed by atoms with Gasteiger partial charge in [-0.05, 0) is 0 Å². The fourth-order valence-electron chi connectivity index (χ4n) is 1.36. The van der Waals surface area contributed by atoms with Crippen molar-refractivity contribution in [2.24, 2.45) is 0 Å². The molecule has 0 spiro atoms. The van der Waals surface area contributed by atoms with Crippen LogP contribution in [0.3, 0.4) is 0 Å². The zero-order valence-electron chi connectivity index (χ0n) is 12.7. The third-order valence-electron chi connectivity index (χ3n) is 2.33. The van der Waals surface area contributed by atoms with Crippen molar-refractivity contribution < 1.29 is 86.7 Å². The van der Waals surface area contributed by atoms with Crippen molar-refractivity contribution in [1.82, 2.24) is 0 Å². The summed E-state index contributed by atoms with van der Waals surface area (Å²) in [5.41, 5.74) is 0. The van der Waals surface area contributed by atoms with Crippen molar-refractivity contribution in [2.45, 2.75) is 9.79 Å². The molecular formula is C12H8Na2O6S2Se2. The molecule has 118 valence electrons. The molecule has 0 unspecified atom stereocenters. The number of hydrogen-bond donors (Lipinski definition) is 0. The Morgan fingerprint density at radius 3 is 1.75 bits per heavy atom. The standard InChI is InChI=1S/C12H10O6S2Se2.2Na/c13-17-18-19-9-1-5-11(6-2-9)21-22-12-7-3-10(4-8-12)20(14,15)16;;/h1-8,13H,(H,14,15,16);;/q;2*+1/p-2. The van der Waals surface area contributed by atoms with Gasteiger partial charge in [-0.2, -0.15) is 0 Å². The Morgan fingerprint density at radius 2 is 1.33 bits per heavy atom. The van der Waals surface area contributed by atoms with Gasteiger partial charge in [-0.3, -0.25) is 0 Å². The molecular weight excluding hydrogens is 508 g/mol. The number of hydrogen-bond acceptors (Lipinski definition) is 7. The Morgan fingerprint density at radius 1 is 0.875 bits per heavy atom. The van der Waals surface area contributed by atoms with E-state index in [9.17, 15) is 18.2 Å². The number of benzene rings is 2. The molecule has 0 aromatic heterocycles. The quantitative estimate of drug-likeness (QED) is 0.119. The number of rotatable bonds is 7. The zero-order valence-corrected chi connectivity index (χ0v) is 21.8. The van der Waals surface area contributed by atoms with Gasteiger partial charge in [0.15, 0.2) is 0 Å². The first-order valence-corrected chi connectivity index (χ1v) is 13.8. The molecule has 2 aromatic rings. The molecule has 0 aliphatic heterocycles. The molecule has 0 amide bonds. The summed E-state index contributed by atoms with van der Waals surface area (Å²) in [6.07, 6.45) is 0. The van der Waals surface area contributed by atoms with Crippen LogP contribution < -0.4 is 73.3 Å². The monoisotopic (exact) mass is 518 g/mol. The summed E-state index contributed by atoms with van der Waals surface area (Å²) in [5.74, 6) is 0. The molecule has 0 radical (unpaired) electrons. The minimum atomic E-state index is -4.38. The minimum Gasteiger partial charge on any atom is 1.00 e. The average Bonchev–Trinajstić information content (AvgIpc) is 2.51. The van der Waals surface area contributed by atoms with E-state index < -0.39 is 10.1 Å². The molecule has 0 heterocycles. The third kappa shape index (κ3) is 9.01. The maximum absolute atomic E-state index is 10.8. The van der Waals surface area contributed by atoms with Gasteiger partial charge in [-0.25, -0.2) is 0 Å². The minimum absolute atomic E-state index is 0. The van der Waals surface area contributed by atoms with E-state index in [-0.39, 0.29) is 90.3 Å². The maximum atomic E-state index is 10.8. The molecule has 0 atom stereocenters. The van der Waals surface area contributed by atoms with E-state index in [1.807, 2.05) is 24.3 Å². The van der Waals surface area contributed by atoms with Gasteiger partial charge < -0.3 is 0 Å². The predicted molar refractivity (Wildman–Crippen MR) is 79.7 cm³/mol. The van der Waals surface area contributed by atoms with Gasteiger partial charge in [0, 0.05) is 0 Å². The van der Waals surface area contributed by atoms with Crippen molar-refractivity contribution in [1.29, 1.82) is 0 Å². The molecule has 24 heavy (non-hydrogen) atoms. The molecule has 6 nitrogen and oxygen atoms in total. The van der Waals surface area contributed by atoms with Crippen molar-refractivity contribution >= 4 is 57.3 Å². The summed E-state index contributed by atoms with van der Waals surface area (Å²) in [5, 5.41) is 13.0. The summed E-state index contributed by atoms with van der Waals surface area (Å²) >= 11 is 1.25. The van der Waals surface area contributed by atoms with E-state index in [0.29, 0.717) is 0 Å². The van der Waals surface area contributed by atoms with Crippen LogP contribution in [0.2, 0.25) is 0 Å². The van der Waals surface area contributed by atoms with Crippen LogP contribution in [-0.2, 0) is 19.5 Å². The van der Waals surface area contributed by atoms with E-state index in [2.05, 4.69) is 9.37 Å². The molecule has 2 aromatic carbocycles. The van der Waals surface area contributed by atoms with Gasteiger partial charge in [-0.15, -0.1) is 0 Å². The first-order chi connectivity index (χ1) is 10.5. The first-order valence-electron chi connectivity index (χ1n) is 5.63. The molecule has 0 fully saturated rings. The SMILES string of the molecule is O=S(=O)([O-])c1ccc([Se][Se]c2ccc(SOO[O-])cc2)cc1.[Na+].[Na+]. The van der Waals surface area contributed by atoms with Crippen molar-refractivity contribution in [3.63, 3.8) is 0 Å². The Labute approximate surface area is 199 Å².